The van der Waals surface area contributed by atoms with Crippen LogP contribution in [0.2, 0.25) is 10.0 Å². The Hall–Kier alpha value is -2.25. The fraction of sp³-hybridized carbons (Fsp3) is 0.318. The standard InChI is InChI=1S/C22H23Cl2N3O3/c1-13-3-2-4-17(24)21(13)27-9-7-26(8-10-27)19(28)12-16-15-11-14(23)5-6-18(15)25-20(16)22(29)30/h2-6,11,19,25,28H,7-10,12H2,1H3,(H,29,30). The molecule has 0 amide bonds. The number of aryl methyl sites for hydroxylation is 1. The third kappa shape index (κ3) is 4.01. The van der Waals surface area contributed by atoms with Gasteiger partial charge in [-0.2, -0.15) is 0 Å². The van der Waals surface area contributed by atoms with Crippen molar-refractivity contribution in [1.29, 1.82) is 0 Å². The maximum absolute atomic E-state index is 11.7. The van der Waals surface area contributed by atoms with Gasteiger partial charge in [0.25, 0.3) is 0 Å². The Bertz CT molecular complexity index is 1070. The number of aliphatic hydroxyl groups excluding tert-OH is 1. The molecule has 1 atom stereocenters. The number of anilines is 1. The van der Waals surface area contributed by atoms with Gasteiger partial charge in [0, 0.05) is 48.5 Å². The molecule has 1 fully saturated rings. The number of carboxylic acid groups (broad SMARTS) is 1. The number of carbonyl (C=O) groups is 1. The maximum atomic E-state index is 11.7. The van der Waals surface area contributed by atoms with Crippen LogP contribution in [0.4, 0.5) is 5.69 Å². The molecule has 0 saturated carbocycles. The lowest BCUT2D eigenvalue weighted by atomic mass is 10.1. The van der Waals surface area contributed by atoms with Crippen LogP contribution in [0.15, 0.2) is 36.4 Å². The SMILES string of the molecule is Cc1cccc(Cl)c1N1CCN(C(O)Cc2c(C(=O)O)[nH]c3ccc(Cl)cc23)CC1. The summed E-state index contributed by atoms with van der Waals surface area (Å²) in [5, 5.41) is 22.5. The van der Waals surface area contributed by atoms with E-state index in [-0.39, 0.29) is 12.1 Å². The Kier molecular flexibility index (Phi) is 5.93. The molecule has 4 rings (SSSR count). The van der Waals surface area contributed by atoms with Gasteiger partial charge in [0.05, 0.1) is 10.7 Å². The van der Waals surface area contributed by atoms with Crippen molar-refractivity contribution >= 4 is 45.8 Å². The van der Waals surface area contributed by atoms with Crippen molar-refractivity contribution in [2.75, 3.05) is 31.1 Å². The minimum Gasteiger partial charge on any atom is -0.477 e. The van der Waals surface area contributed by atoms with Crippen molar-refractivity contribution in [2.24, 2.45) is 0 Å². The Balaban J connectivity index is 1.51. The second-order valence-electron chi connectivity index (χ2n) is 7.59. The van der Waals surface area contributed by atoms with Crippen LogP contribution in [0.5, 0.6) is 0 Å². The van der Waals surface area contributed by atoms with Crippen LogP contribution in [0.3, 0.4) is 0 Å². The zero-order valence-electron chi connectivity index (χ0n) is 16.5. The first-order valence-corrected chi connectivity index (χ1v) is 10.6. The zero-order chi connectivity index (χ0) is 21.4. The predicted molar refractivity (Wildman–Crippen MR) is 120 cm³/mol. The zero-order valence-corrected chi connectivity index (χ0v) is 18.0. The normalized spacial score (nSPS) is 16.2. The van der Waals surface area contributed by atoms with Crippen molar-refractivity contribution in [3.63, 3.8) is 0 Å². The topological polar surface area (TPSA) is 79.8 Å². The first kappa shape index (κ1) is 21.0. The number of nitrogens with zero attached hydrogens (tertiary/aromatic N) is 2. The summed E-state index contributed by atoms with van der Waals surface area (Å²) in [5.74, 6) is -1.05. The lowest BCUT2D eigenvalue weighted by Crippen LogP contribution is -2.51. The van der Waals surface area contributed by atoms with E-state index in [9.17, 15) is 15.0 Å². The van der Waals surface area contributed by atoms with Gasteiger partial charge in [-0.25, -0.2) is 4.79 Å². The van der Waals surface area contributed by atoms with E-state index < -0.39 is 12.2 Å². The van der Waals surface area contributed by atoms with Gasteiger partial charge in [0.2, 0.25) is 0 Å². The molecule has 1 aliphatic rings. The van der Waals surface area contributed by atoms with Crippen LogP contribution < -0.4 is 4.90 Å². The van der Waals surface area contributed by atoms with Gasteiger partial charge in [-0.3, -0.25) is 4.90 Å². The number of halogens is 2. The summed E-state index contributed by atoms with van der Waals surface area (Å²) in [6, 6.07) is 11.1. The molecule has 0 radical (unpaired) electrons. The number of hydrogen-bond donors (Lipinski definition) is 3. The smallest absolute Gasteiger partial charge is 0.352 e. The molecule has 1 aromatic heterocycles. The molecule has 8 heteroatoms. The molecular formula is C22H23Cl2N3O3. The van der Waals surface area contributed by atoms with Crippen LogP contribution in [0, 0.1) is 6.92 Å². The highest BCUT2D eigenvalue weighted by Gasteiger charge is 2.27. The first-order chi connectivity index (χ1) is 14.3. The van der Waals surface area contributed by atoms with E-state index in [1.54, 1.807) is 18.2 Å². The molecule has 1 saturated heterocycles. The molecule has 0 spiro atoms. The van der Waals surface area contributed by atoms with Gasteiger partial charge in [-0.15, -0.1) is 0 Å². The predicted octanol–water partition coefficient (Wildman–Crippen LogP) is 4.16. The highest BCUT2D eigenvalue weighted by Crippen LogP contribution is 2.31. The number of piperazine rings is 1. The van der Waals surface area contributed by atoms with Gasteiger partial charge in [-0.1, -0.05) is 35.3 Å². The number of fused-ring (bicyclic) bond motifs is 1. The summed E-state index contributed by atoms with van der Waals surface area (Å²) in [4.78, 5) is 18.8. The number of carboxylic acids is 1. The van der Waals surface area contributed by atoms with Gasteiger partial charge in [0.15, 0.2) is 0 Å². The first-order valence-electron chi connectivity index (χ1n) is 9.80. The average Bonchev–Trinajstić information content (AvgIpc) is 3.06. The van der Waals surface area contributed by atoms with Gasteiger partial charge in [-0.05, 0) is 42.3 Å². The number of aromatic nitrogens is 1. The molecular weight excluding hydrogens is 425 g/mol. The summed E-state index contributed by atoms with van der Waals surface area (Å²) in [6.07, 6.45) is -0.594. The fourth-order valence-corrected chi connectivity index (χ4v) is 4.71. The van der Waals surface area contributed by atoms with Crippen LogP contribution in [-0.2, 0) is 6.42 Å². The quantitative estimate of drug-likeness (QED) is 0.546. The Morgan fingerprint density at radius 1 is 1.17 bits per heavy atom. The van der Waals surface area contributed by atoms with Gasteiger partial charge < -0.3 is 20.1 Å². The summed E-state index contributed by atoms with van der Waals surface area (Å²) in [5.41, 5.74) is 3.51. The number of aliphatic hydroxyl groups is 1. The molecule has 30 heavy (non-hydrogen) atoms. The fourth-order valence-electron chi connectivity index (χ4n) is 4.19. The number of nitrogens with one attached hydrogen (secondary N) is 1. The number of hydrogen-bond acceptors (Lipinski definition) is 4. The summed E-state index contributed by atoms with van der Waals surface area (Å²) in [6.45, 7) is 4.80. The third-order valence-corrected chi connectivity index (χ3v) is 6.25. The highest BCUT2D eigenvalue weighted by atomic mass is 35.5. The van der Waals surface area contributed by atoms with E-state index in [2.05, 4.69) is 9.88 Å². The Labute approximate surface area is 184 Å². The minimum atomic E-state index is -1.05. The van der Waals surface area contributed by atoms with Crippen LogP contribution >= 0.6 is 23.2 Å². The largest absolute Gasteiger partial charge is 0.477 e. The van der Waals surface area contributed by atoms with E-state index in [4.69, 9.17) is 23.2 Å². The number of aromatic carboxylic acids is 1. The van der Waals surface area contributed by atoms with E-state index in [0.29, 0.717) is 29.2 Å². The number of benzene rings is 2. The van der Waals surface area contributed by atoms with Crippen LogP contribution in [0.25, 0.3) is 10.9 Å². The van der Waals surface area contributed by atoms with E-state index >= 15 is 0 Å². The molecule has 1 aliphatic heterocycles. The van der Waals surface area contributed by atoms with Gasteiger partial charge in [0.1, 0.15) is 11.9 Å². The molecule has 158 valence electrons. The molecule has 6 nitrogen and oxygen atoms in total. The van der Waals surface area contributed by atoms with Gasteiger partial charge >= 0.3 is 5.97 Å². The lowest BCUT2D eigenvalue weighted by Gasteiger charge is -2.39. The number of aromatic amines is 1. The molecule has 0 aliphatic carbocycles. The number of rotatable bonds is 5. The Morgan fingerprint density at radius 2 is 1.90 bits per heavy atom. The number of H-pyrrole nitrogens is 1. The molecule has 0 bridgehead atoms. The van der Waals surface area contributed by atoms with Crippen molar-refractivity contribution in [3.05, 3.63) is 63.3 Å². The highest BCUT2D eigenvalue weighted by molar-refractivity contribution is 6.33. The molecule has 2 aromatic carbocycles. The number of para-hydroxylation sites is 1. The Morgan fingerprint density at radius 3 is 2.57 bits per heavy atom. The molecule has 1 unspecified atom stereocenters. The summed E-state index contributed by atoms with van der Waals surface area (Å²) < 4.78 is 0. The van der Waals surface area contributed by atoms with Crippen molar-refractivity contribution in [2.45, 2.75) is 19.6 Å². The van der Waals surface area contributed by atoms with Crippen molar-refractivity contribution < 1.29 is 15.0 Å². The summed E-state index contributed by atoms with van der Waals surface area (Å²) in [7, 11) is 0. The van der Waals surface area contributed by atoms with Crippen molar-refractivity contribution in [1.82, 2.24) is 9.88 Å². The minimum absolute atomic E-state index is 0.0941. The van der Waals surface area contributed by atoms with Crippen LogP contribution in [-0.4, -0.2) is 58.5 Å². The molecule has 3 aromatic rings. The average molecular weight is 448 g/mol. The molecule has 3 N–H and O–H groups in total. The van der Waals surface area contributed by atoms with E-state index in [1.165, 1.54) is 0 Å². The third-order valence-electron chi connectivity index (χ3n) is 5.71. The van der Waals surface area contributed by atoms with E-state index in [0.717, 1.165) is 34.7 Å². The summed E-state index contributed by atoms with van der Waals surface area (Å²) >= 11 is 12.5. The second kappa shape index (κ2) is 8.47. The van der Waals surface area contributed by atoms with Crippen molar-refractivity contribution in [3.8, 4) is 0 Å². The maximum Gasteiger partial charge on any atom is 0.352 e. The van der Waals surface area contributed by atoms with Crippen LogP contribution in [0.1, 0.15) is 21.6 Å². The molecule has 2 heterocycles. The monoisotopic (exact) mass is 447 g/mol. The lowest BCUT2D eigenvalue weighted by molar-refractivity contribution is 0.00116. The van der Waals surface area contributed by atoms with E-state index in [1.807, 2.05) is 30.0 Å². The second-order valence-corrected chi connectivity index (χ2v) is 8.43.